The molecule has 62 heavy (non-hydrogen) atoms. The average Bonchev–Trinajstić information content (AvgIpc) is 4.04. The van der Waals surface area contributed by atoms with Crippen LogP contribution in [0.1, 0.15) is 207 Å². The van der Waals surface area contributed by atoms with Gasteiger partial charge in [-0.15, -0.1) is 0 Å². The number of aryl methyl sites for hydroxylation is 1. The summed E-state index contributed by atoms with van der Waals surface area (Å²) in [5, 5.41) is 0. The number of amides is 1. The molecule has 1 aliphatic carbocycles. The van der Waals surface area contributed by atoms with Gasteiger partial charge < -0.3 is 9.80 Å². The van der Waals surface area contributed by atoms with E-state index in [0.29, 0.717) is 5.92 Å². The Labute approximate surface area is 383 Å². The molecule has 1 saturated heterocycles. The third kappa shape index (κ3) is 13.1. The number of hydrogen-bond donors (Lipinski definition) is 0. The van der Waals surface area contributed by atoms with E-state index in [1.54, 1.807) is 0 Å². The van der Waals surface area contributed by atoms with Crippen LogP contribution in [0.25, 0.3) is 5.57 Å². The van der Waals surface area contributed by atoms with E-state index in [9.17, 15) is 4.79 Å². The van der Waals surface area contributed by atoms with E-state index in [4.69, 9.17) is 0 Å². The molecule has 348 valence electrons. The van der Waals surface area contributed by atoms with Gasteiger partial charge in [0.05, 0.1) is 6.04 Å². The minimum Gasteiger partial charge on any atom is -0.351 e. The van der Waals surface area contributed by atoms with Crippen molar-refractivity contribution in [3.8, 4) is 0 Å². The van der Waals surface area contributed by atoms with E-state index >= 15 is 0 Å². The molecule has 2 aromatic carbocycles. The predicted molar refractivity (Wildman–Crippen MR) is 274 cm³/mol. The summed E-state index contributed by atoms with van der Waals surface area (Å²) in [5.74, 6) is 1.56. The van der Waals surface area contributed by atoms with Gasteiger partial charge in [-0.05, 0) is 128 Å². The first-order valence-electron chi connectivity index (χ1n) is 25.1. The van der Waals surface area contributed by atoms with Gasteiger partial charge in [-0.2, -0.15) is 0 Å². The first-order valence-corrected chi connectivity index (χ1v) is 25.1. The Morgan fingerprint density at radius 2 is 1.48 bits per heavy atom. The summed E-state index contributed by atoms with van der Waals surface area (Å²) < 4.78 is 0. The number of benzene rings is 2. The summed E-state index contributed by atoms with van der Waals surface area (Å²) >= 11 is 0. The highest BCUT2D eigenvalue weighted by molar-refractivity contribution is 5.94. The van der Waals surface area contributed by atoms with Crippen LogP contribution in [0.15, 0.2) is 71.1 Å². The summed E-state index contributed by atoms with van der Waals surface area (Å²) in [5.41, 5.74) is 17.7. The molecule has 4 aliphatic rings. The van der Waals surface area contributed by atoms with Gasteiger partial charge in [0.1, 0.15) is 0 Å². The van der Waals surface area contributed by atoms with Crippen molar-refractivity contribution in [3.63, 3.8) is 0 Å². The number of carbonyl (C=O) groups excluding carboxylic acids is 1. The molecule has 0 radical (unpaired) electrons. The topological polar surface area (TPSA) is 30.0 Å². The zero-order valence-corrected chi connectivity index (χ0v) is 43.8. The Kier molecular flexibility index (Phi) is 22.7. The fraction of sp³-hybridized carbons (Fsp3) is 0.632. The van der Waals surface area contributed by atoms with Crippen LogP contribution in [0, 0.1) is 12.8 Å². The number of hydrogen-bond acceptors (Lipinski definition) is 4. The number of nitrogens with zero attached hydrogens (tertiary/aromatic N) is 4. The number of allylic oxidation sites excluding steroid dienone is 4. The van der Waals surface area contributed by atoms with Gasteiger partial charge in [-0.3, -0.25) is 14.6 Å². The van der Waals surface area contributed by atoms with Crippen molar-refractivity contribution >= 4 is 11.5 Å². The number of piperazine rings is 1. The number of rotatable bonds is 11. The van der Waals surface area contributed by atoms with Gasteiger partial charge in [-0.25, -0.2) is 0 Å². The zero-order chi connectivity index (χ0) is 47.1. The molecule has 1 spiro atoms. The maximum Gasteiger partial charge on any atom is 0.250 e. The van der Waals surface area contributed by atoms with Crippen LogP contribution in [-0.2, 0) is 24.3 Å². The zero-order valence-electron chi connectivity index (χ0n) is 43.8. The molecule has 1 atom stereocenters. The molecular formula is C57H94N4O. The van der Waals surface area contributed by atoms with Gasteiger partial charge in [-0.1, -0.05) is 146 Å². The second kappa shape index (κ2) is 25.8. The molecule has 3 aliphatic heterocycles. The van der Waals surface area contributed by atoms with E-state index in [-0.39, 0.29) is 17.5 Å². The Morgan fingerprint density at radius 1 is 0.855 bits per heavy atom. The SMILES string of the molecule is C=C1C(C)=C(C)C(c2cc(C)c(CN3CCN(Cc4cccc5c4CCN(C(=O)C(CC)=C(C)CC)C5CCC)C4(CC4)C3)c(C(C)C)c2)=CN1C.CC.CC.CC.CC(C)C. The van der Waals surface area contributed by atoms with Gasteiger partial charge in [0.25, 0.3) is 0 Å². The molecule has 1 unspecified atom stereocenters. The van der Waals surface area contributed by atoms with Crippen molar-refractivity contribution < 1.29 is 4.79 Å². The maximum absolute atomic E-state index is 13.9. The second-order valence-electron chi connectivity index (χ2n) is 18.5. The van der Waals surface area contributed by atoms with Crippen LogP contribution in [-0.4, -0.2) is 64.3 Å². The molecule has 6 rings (SSSR count). The number of fused-ring (bicyclic) bond motifs is 1. The molecule has 3 heterocycles. The molecule has 5 nitrogen and oxygen atoms in total. The summed E-state index contributed by atoms with van der Waals surface area (Å²) in [4.78, 5) is 23.9. The van der Waals surface area contributed by atoms with Crippen molar-refractivity contribution in [2.45, 2.75) is 200 Å². The average molecular weight is 851 g/mol. The van der Waals surface area contributed by atoms with Gasteiger partial charge in [0.2, 0.25) is 5.91 Å². The van der Waals surface area contributed by atoms with Crippen molar-refractivity contribution in [1.29, 1.82) is 0 Å². The largest absolute Gasteiger partial charge is 0.351 e. The Morgan fingerprint density at radius 3 is 2.03 bits per heavy atom. The van der Waals surface area contributed by atoms with Crippen molar-refractivity contribution in [3.05, 3.63) is 110 Å². The molecule has 1 amide bonds. The highest BCUT2D eigenvalue weighted by Gasteiger charge is 2.51. The fourth-order valence-corrected chi connectivity index (χ4v) is 9.42. The van der Waals surface area contributed by atoms with Crippen LogP contribution >= 0.6 is 0 Å². The smallest absolute Gasteiger partial charge is 0.250 e. The van der Waals surface area contributed by atoms with E-state index in [0.717, 1.165) is 88.6 Å². The first-order chi connectivity index (χ1) is 29.6. The Balaban J connectivity index is 0.00000122. The monoisotopic (exact) mass is 851 g/mol. The summed E-state index contributed by atoms with van der Waals surface area (Å²) in [6, 6.07) is 12.0. The third-order valence-corrected chi connectivity index (χ3v) is 13.2. The maximum atomic E-state index is 13.9. The van der Waals surface area contributed by atoms with Crippen LogP contribution in [0.3, 0.4) is 0 Å². The van der Waals surface area contributed by atoms with Crippen LogP contribution < -0.4 is 0 Å². The summed E-state index contributed by atoms with van der Waals surface area (Å²) in [6.07, 6.45) is 9.63. The minimum absolute atomic E-state index is 0.169. The normalized spacial score (nSPS) is 18.6. The lowest BCUT2D eigenvalue weighted by molar-refractivity contribution is -0.130. The van der Waals surface area contributed by atoms with E-state index < -0.39 is 0 Å². The summed E-state index contributed by atoms with van der Waals surface area (Å²) in [7, 11) is 2.11. The van der Waals surface area contributed by atoms with E-state index in [2.05, 4.69) is 153 Å². The molecular weight excluding hydrogens is 757 g/mol. The van der Waals surface area contributed by atoms with Crippen LogP contribution in [0.5, 0.6) is 0 Å². The van der Waals surface area contributed by atoms with E-state index in [1.807, 2.05) is 41.5 Å². The van der Waals surface area contributed by atoms with Crippen molar-refractivity contribution in [2.75, 3.05) is 33.2 Å². The van der Waals surface area contributed by atoms with Crippen molar-refractivity contribution in [1.82, 2.24) is 19.6 Å². The molecule has 5 heteroatoms. The third-order valence-electron chi connectivity index (χ3n) is 13.2. The Bertz CT molecular complexity index is 1850. The molecule has 0 bridgehead atoms. The van der Waals surface area contributed by atoms with Crippen LogP contribution in [0.4, 0.5) is 0 Å². The van der Waals surface area contributed by atoms with E-state index in [1.165, 1.54) is 74.1 Å². The molecule has 0 N–H and O–H groups in total. The first kappa shape index (κ1) is 54.7. The van der Waals surface area contributed by atoms with Gasteiger partial charge in [0.15, 0.2) is 0 Å². The minimum atomic E-state index is 0.169. The van der Waals surface area contributed by atoms with Gasteiger partial charge in [0, 0.05) is 74.9 Å². The van der Waals surface area contributed by atoms with Gasteiger partial charge >= 0.3 is 0 Å². The molecule has 1 saturated carbocycles. The quantitative estimate of drug-likeness (QED) is 0.211. The lowest BCUT2D eigenvalue weighted by Crippen LogP contribution is -2.54. The number of likely N-dealkylation sites (N-methyl/N-ethyl adjacent to an activating group) is 1. The molecule has 2 aromatic rings. The fourth-order valence-electron chi connectivity index (χ4n) is 9.42. The molecule has 0 aromatic heterocycles. The van der Waals surface area contributed by atoms with Crippen molar-refractivity contribution in [2.24, 2.45) is 5.92 Å². The highest BCUT2D eigenvalue weighted by atomic mass is 16.2. The lowest BCUT2D eigenvalue weighted by Gasteiger charge is -2.44. The summed E-state index contributed by atoms with van der Waals surface area (Å²) in [6.45, 7) is 49.2. The number of carbonyl (C=O) groups is 1. The Hall–Kier alpha value is -3.41. The second-order valence-corrected chi connectivity index (χ2v) is 18.5. The predicted octanol–water partition coefficient (Wildman–Crippen LogP) is 15.2. The lowest BCUT2D eigenvalue weighted by atomic mass is 9.85. The standard InChI is InChI=1S/C47H66N4O.C4H10.3C2H6/c1-12-16-45-41-18-15-17-37(40(41)19-22-51(45)46(52)39(14-3)32(6)13-2)27-50-24-23-49(30-47(50)20-21-47)29-43-33(7)25-38(26-42(43)31(4)5)44-28-48(11)36(10)34(8)35(44)9;1-4(2)3;3*1-2/h15,17-18,25-26,28,31,45H,10,12-14,16,19-24,27,29-30H2,1-9,11H3;4H,1-3H3;3*1-2H3. The van der Waals surface area contributed by atoms with Crippen LogP contribution in [0.2, 0.25) is 0 Å². The highest BCUT2D eigenvalue weighted by Crippen LogP contribution is 2.47. The molecule has 2 fully saturated rings.